The van der Waals surface area contributed by atoms with Gasteiger partial charge in [-0.25, -0.2) is 9.67 Å². The summed E-state index contributed by atoms with van der Waals surface area (Å²) in [5.74, 6) is 0.386. The van der Waals surface area contributed by atoms with Crippen molar-refractivity contribution in [2.24, 2.45) is 0 Å². The van der Waals surface area contributed by atoms with Gasteiger partial charge in [-0.1, -0.05) is 36.4 Å². The van der Waals surface area contributed by atoms with E-state index in [0.29, 0.717) is 17.9 Å². The summed E-state index contributed by atoms with van der Waals surface area (Å²) >= 11 is 0. The van der Waals surface area contributed by atoms with Gasteiger partial charge in [0.25, 0.3) is 5.91 Å². The predicted molar refractivity (Wildman–Crippen MR) is 99.8 cm³/mol. The lowest BCUT2D eigenvalue weighted by atomic mass is 10.1. The summed E-state index contributed by atoms with van der Waals surface area (Å²) in [6.07, 6.45) is 0. The molecule has 25 heavy (non-hydrogen) atoms. The van der Waals surface area contributed by atoms with Crippen LogP contribution in [0.3, 0.4) is 0 Å². The molecule has 1 amide bonds. The highest BCUT2D eigenvalue weighted by Gasteiger charge is 2.16. The van der Waals surface area contributed by atoms with Gasteiger partial charge < -0.3 is 5.32 Å². The molecule has 0 spiro atoms. The van der Waals surface area contributed by atoms with Crippen molar-refractivity contribution >= 4 is 33.7 Å². The normalized spacial score (nSPS) is 11.1. The lowest BCUT2D eigenvalue weighted by Gasteiger charge is -2.05. The molecular formula is C20H18N4O. The van der Waals surface area contributed by atoms with Gasteiger partial charge in [-0.3, -0.25) is 4.79 Å². The Morgan fingerprint density at radius 3 is 2.68 bits per heavy atom. The Labute approximate surface area is 145 Å². The summed E-state index contributed by atoms with van der Waals surface area (Å²) in [5.41, 5.74) is 3.28. The maximum absolute atomic E-state index is 12.7. The number of nitrogens with zero attached hydrogens (tertiary/aromatic N) is 3. The molecule has 124 valence electrons. The summed E-state index contributed by atoms with van der Waals surface area (Å²) in [5, 5.41) is 9.37. The van der Waals surface area contributed by atoms with Crippen LogP contribution in [0.4, 0.5) is 5.82 Å². The molecule has 5 heteroatoms. The molecule has 2 aromatic carbocycles. The van der Waals surface area contributed by atoms with Crippen molar-refractivity contribution < 1.29 is 4.79 Å². The van der Waals surface area contributed by atoms with E-state index in [2.05, 4.69) is 10.4 Å². The zero-order valence-electron chi connectivity index (χ0n) is 14.2. The molecule has 0 bridgehead atoms. The maximum atomic E-state index is 12.7. The Morgan fingerprint density at radius 2 is 1.88 bits per heavy atom. The van der Waals surface area contributed by atoms with Crippen molar-refractivity contribution in [2.45, 2.75) is 20.4 Å². The number of hydrogen-bond donors (Lipinski definition) is 1. The number of rotatable bonds is 3. The molecule has 0 aliphatic carbocycles. The molecule has 0 radical (unpaired) electrons. The van der Waals surface area contributed by atoms with Crippen LogP contribution in [0, 0.1) is 6.92 Å². The Bertz CT molecular complexity index is 1100. The highest BCUT2D eigenvalue weighted by Crippen LogP contribution is 2.26. The summed E-state index contributed by atoms with van der Waals surface area (Å²) in [7, 11) is 0. The van der Waals surface area contributed by atoms with Crippen molar-refractivity contribution in [2.75, 3.05) is 5.32 Å². The van der Waals surface area contributed by atoms with Gasteiger partial charge in [0.15, 0.2) is 11.5 Å². The van der Waals surface area contributed by atoms with E-state index in [1.807, 2.05) is 73.1 Å². The largest absolute Gasteiger partial charge is 0.304 e. The number of pyridine rings is 1. The van der Waals surface area contributed by atoms with Gasteiger partial charge in [0, 0.05) is 17.5 Å². The number of fused-ring (bicyclic) bond motifs is 2. The highest BCUT2D eigenvalue weighted by atomic mass is 16.1. The van der Waals surface area contributed by atoms with Crippen LogP contribution in [0.25, 0.3) is 21.9 Å². The SMILES string of the molecule is CCn1nc(NC(=O)c2ccccc2C)c2cc3ccccc3nc21. The van der Waals surface area contributed by atoms with E-state index in [9.17, 15) is 4.79 Å². The third-order valence-electron chi connectivity index (χ3n) is 4.35. The summed E-state index contributed by atoms with van der Waals surface area (Å²) in [6.45, 7) is 4.62. The second-order valence-electron chi connectivity index (χ2n) is 5.99. The number of carbonyl (C=O) groups is 1. The molecule has 0 atom stereocenters. The molecule has 0 fully saturated rings. The molecule has 2 aromatic heterocycles. The number of anilines is 1. The lowest BCUT2D eigenvalue weighted by Crippen LogP contribution is -2.14. The monoisotopic (exact) mass is 330 g/mol. The number of benzene rings is 2. The number of hydrogen-bond acceptors (Lipinski definition) is 3. The minimum atomic E-state index is -0.158. The van der Waals surface area contributed by atoms with E-state index in [1.54, 1.807) is 0 Å². The Hall–Kier alpha value is -3.21. The van der Waals surface area contributed by atoms with Crippen LogP contribution in [0.1, 0.15) is 22.8 Å². The smallest absolute Gasteiger partial charge is 0.257 e. The molecule has 4 rings (SSSR count). The topological polar surface area (TPSA) is 59.8 Å². The van der Waals surface area contributed by atoms with Crippen LogP contribution in [0.5, 0.6) is 0 Å². The summed E-state index contributed by atoms with van der Waals surface area (Å²) < 4.78 is 1.81. The average Bonchev–Trinajstić information content (AvgIpc) is 2.97. The van der Waals surface area contributed by atoms with Crippen LogP contribution in [-0.2, 0) is 6.54 Å². The number of carbonyl (C=O) groups excluding carboxylic acids is 1. The fourth-order valence-electron chi connectivity index (χ4n) is 3.01. The number of aryl methyl sites for hydroxylation is 2. The quantitative estimate of drug-likeness (QED) is 0.613. The van der Waals surface area contributed by atoms with Crippen LogP contribution >= 0.6 is 0 Å². The van der Waals surface area contributed by atoms with E-state index in [-0.39, 0.29) is 5.91 Å². The second-order valence-corrected chi connectivity index (χ2v) is 5.99. The number of nitrogens with one attached hydrogen (secondary N) is 1. The molecule has 0 saturated heterocycles. The van der Waals surface area contributed by atoms with Crippen molar-refractivity contribution in [3.8, 4) is 0 Å². The van der Waals surface area contributed by atoms with Gasteiger partial charge in [-0.05, 0) is 37.6 Å². The van der Waals surface area contributed by atoms with E-state index in [1.165, 1.54) is 0 Å². The summed E-state index contributed by atoms with van der Waals surface area (Å²) in [6, 6.07) is 17.5. The van der Waals surface area contributed by atoms with Crippen molar-refractivity contribution in [1.82, 2.24) is 14.8 Å². The molecule has 0 saturated carbocycles. The Morgan fingerprint density at radius 1 is 1.12 bits per heavy atom. The molecule has 0 aliphatic heterocycles. The fourth-order valence-corrected chi connectivity index (χ4v) is 3.01. The molecule has 5 nitrogen and oxygen atoms in total. The Kier molecular flexibility index (Phi) is 3.69. The van der Waals surface area contributed by atoms with Gasteiger partial charge in [-0.15, -0.1) is 0 Å². The first kappa shape index (κ1) is 15.3. The minimum absolute atomic E-state index is 0.158. The van der Waals surface area contributed by atoms with Gasteiger partial charge in [-0.2, -0.15) is 5.10 Å². The highest BCUT2D eigenvalue weighted by molar-refractivity contribution is 6.09. The average molecular weight is 330 g/mol. The minimum Gasteiger partial charge on any atom is -0.304 e. The van der Waals surface area contributed by atoms with Crippen LogP contribution < -0.4 is 5.32 Å². The summed E-state index contributed by atoms with van der Waals surface area (Å²) in [4.78, 5) is 17.4. The number of para-hydroxylation sites is 1. The third-order valence-corrected chi connectivity index (χ3v) is 4.35. The standard InChI is InChI=1S/C20H18N4O/c1-3-24-19-16(12-14-9-5-7-11-17(14)21-19)18(23-24)22-20(25)15-10-6-4-8-13(15)2/h4-12H,3H2,1-2H3,(H,22,23,25). The number of amides is 1. The Balaban J connectivity index is 1.83. The first-order chi connectivity index (χ1) is 12.2. The molecule has 0 unspecified atom stereocenters. The lowest BCUT2D eigenvalue weighted by molar-refractivity contribution is 0.102. The predicted octanol–water partition coefficient (Wildman–Crippen LogP) is 4.17. The van der Waals surface area contributed by atoms with Crippen molar-refractivity contribution in [1.29, 1.82) is 0 Å². The van der Waals surface area contributed by atoms with Crippen molar-refractivity contribution in [3.63, 3.8) is 0 Å². The van der Waals surface area contributed by atoms with Crippen LogP contribution in [0.2, 0.25) is 0 Å². The molecule has 4 aromatic rings. The number of aromatic nitrogens is 3. The first-order valence-electron chi connectivity index (χ1n) is 8.30. The van der Waals surface area contributed by atoms with Gasteiger partial charge >= 0.3 is 0 Å². The molecule has 1 N–H and O–H groups in total. The van der Waals surface area contributed by atoms with Gasteiger partial charge in [0.1, 0.15) is 0 Å². The van der Waals surface area contributed by atoms with Crippen LogP contribution in [0.15, 0.2) is 54.6 Å². The van der Waals surface area contributed by atoms with E-state index in [0.717, 1.165) is 27.5 Å². The third kappa shape index (κ3) is 2.63. The van der Waals surface area contributed by atoms with Gasteiger partial charge in [0.2, 0.25) is 0 Å². The van der Waals surface area contributed by atoms with Gasteiger partial charge in [0.05, 0.1) is 10.9 Å². The van der Waals surface area contributed by atoms with E-state index < -0.39 is 0 Å². The van der Waals surface area contributed by atoms with E-state index in [4.69, 9.17) is 4.98 Å². The fraction of sp³-hybridized carbons (Fsp3) is 0.150. The van der Waals surface area contributed by atoms with Crippen molar-refractivity contribution in [3.05, 3.63) is 65.7 Å². The molecular weight excluding hydrogens is 312 g/mol. The maximum Gasteiger partial charge on any atom is 0.257 e. The second kappa shape index (κ2) is 6.02. The van der Waals surface area contributed by atoms with E-state index >= 15 is 0 Å². The molecule has 0 aliphatic rings. The zero-order chi connectivity index (χ0) is 17.4. The molecule has 2 heterocycles. The zero-order valence-corrected chi connectivity index (χ0v) is 14.2. The first-order valence-corrected chi connectivity index (χ1v) is 8.30. The van der Waals surface area contributed by atoms with Crippen LogP contribution in [-0.4, -0.2) is 20.7 Å².